The zero-order valence-corrected chi connectivity index (χ0v) is 19.9. The first kappa shape index (κ1) is 23.6. The standard InChI is InChI=1S/C29H31NO4/c1-3-34-29(32)13-12-20-8-10-21(11-9-20)14-15-30-28(31)18-23-16-24(33-2)19-27-25-7-5-4-6-22(25)17-26(23)27/h4-11,16,19H,3,12-15,17-18H2,1-2H3,(H,30,31). The molecule has 0 unspecified atom stereocenters. The molecule has 0 aromatic heterocycles. The molecule has 3 aromatic carbocycles. The molecular formula is C29H31NO4. The van der Waals surface area contributed by atoms with E-state index in [0.717, 1.165) is 35.3 Å². The van der Waals surface area contributed by atoms with Crippen LogP contribution in [0.5, 0.6) is 5.75 Å². The Bertz CT molecular complexity index is 1170. The monoisotopic (exact) mass is 457 g/mol. The number of carbonyl (C=O) groups is 2. The number of hydrogen-bond donors (Lipinski definition) is 1. The molecule has 3 aromatic rings. The molecule has 0 fully saturated rings. The summed E-state index contributed by atoms with van der Waals surface area (Å²) >= 11 is 0. The smallest absolute Gasteiger partial charge is 0.306 e. The molecule has 1 aliphatic rings. The molecule has 176 valence electrons. The third-order valence-corrected chi connectivity index (χ3v) is 6.26. The number of esters is 1. The highest BCUT2D eigenvalue weighted by Gasteiger charge is 2.23. The average molecular weight is 458 g/mol. The zero-order chi connectivity index (χ0) is 23.9. The fourth-order valence-corrected chi connectivity index (χ4v) is 4.49. The molecule has 0 saturated heterocycles. The quantitative estimate of drug-likeness (QED) is 0.352. The minimum absolute atomic E-state index is 0.0115. The van der Waals surface area contributed by atoms with Gasteiger partial charge in [-0.05, 0) is 77.3 Å². The Morgan fingerprint density at radius 1 is 0.941 bits per heavy atom. The van der Waals surface area contributed by atoms with E-state index in [9.17, 15) is 9.59 Å². The minimum Gasteiger partial charge on any atom is -0.497 e. The minimum atomic E-state index is -0.167. The van der Waals surface area contributed by atoms with Gasteiger partial charge in [-0.2, -0.15) is 0 Å². The van der Waals surface area contributed by atoms with E-state index in [1.165, 1.54) is 22.3 Å². The van der Waals surface area contributed by atoms with E-state index >= 15 is 0 Å². The third-order valence-electron chi connectivity index (χ3n) is 6.26. The van der Waals surface area contributed by atoms with Crippen LogP contribution in [0.25, 0.3) is 11.1 Å². The van der Waals surface area contributed by atoms with Crippen molar-refractivity contribution >= 4 is 11.9 Å². The van der Waals surface area contributed by atoms with Crippen molar-refractivity contribution in [3.8, 4) is 16.9 Å². The molecule has 1 amide bonds. The molecule has 34 heavy (non-hydrogen) atoms. The van der Waals surface area contributed by atoms with Crippen molar-refractivity contribution in [1.29, 1.82) is 0 Å². The lowest BCUT2D eigenvalue weighted by Crippen LogP contribution is -2.27. The van der Waals surface area contributed by atoms with Gasteiger partial charge in [0.15, 0.2) is 0 Å². The second-order valence-electron chi connectivity index (χ2n) is 8.54. The molecule has 0 atom stereocenters. The Hall–Kier alpha value is -3.60. The second kappa shape index (κ2) is 11.0. The summed E-state index contributed by atoms with van der Waals surface area (Å²) in [4.78, 5) is 24.2. The number of hydrogen-bond acceptors (Lipinski definition) is 4. The summed E-state index contributed by atoms with van der Waals surface area (Å²) in [6, 6.07) is 20.6. The Labute approximate surface area is 201 Å². The maximum Gasteiger partial charge on any atom is 0.306 e. The van der Waals surface area contributed by atoms with Gasteiger partial charge >= 0.3 is 5.97 Å². The van der Waals surface area contributed by atoms with Gasteiger partial charge in [0.1, 0.15) is 5.75 Å². The molecule has 0 heterocycles. The van der Waals surface area contributed by atoms with E-state index in [-0.39, 0.29) is 11.9 Å². The van der Waals surface area contributed by atoms with Crippen molar-refractivity contribution in [2.24, 2.45) is 0 Å². The Balaban J connectivity index is 1.31. The number of methoxy groups -OCH3 is 1. The number of ether oxygens (including phenoxy) is 2. The van der Waals surface area contributed by atoms with E-state index in [1.807, 2.05) is 31.2 Å². The SMILES string of the molecule is CCOC(=O)CCc1ccc(CCNC(=O)Cc2cc(OC)cc3c2Cc2ccccc2-3)cc1. The topological polar surface area (TPSA) is 64.6 Å². The van der Waals surface area contributed by atoms with Crippen molar-refractivity contribution in [1.82, 2.24) is 5.32 Å². The number of aryl methyl sites for hydroxylation is 1. The number of carbonyl (C=O) groups excluding carboxylic acids is 2. The first-order valence-electron chi connectivity index (χ1n) is 11.9. The van der Waals surface area contributed by atoms with Crippen LogP contribution in [0.2, 0.25) is 0 Å². The van der Waals surface area contributed by atoms with Crippen molar-refractivity contribution in [2.75, 3.05) is 20.3 Å². The Morgan fingerprint density at radius 3 is 2.41 bits per heavy atom. The highest BCUT2D eigenvalue weighted by molar-refractivity contribution is 5.84. The van der Waals surface area contributed by atoms with Crippen LogP contribution in [0.15, 0.2) is 60.7 Å². The van der Waals surface area contributed by atoms with Crippen LogP contribution < -0.4 is 10.1 Å². The largest absolute Gasteiger partial charge is 0.497 e. The summed E-state index contributed by atoms with van der Waals surface area (Å²) in [5.41, 5.74) is 8.18. The van der Waals surface area contributed by atoms with E-state index in [1.54, 1.807) is 7.11 Å². The van der Waals surface area contributed by atoms with E-state index in [0.29, 0.717) is 32.4 Å². The van der Waals surface area contributed by atoms with Gasteiger partial charge in [-0.1, -0.05) is 48.5 Å². The normalized spacial score (nSPS) is 11.5. The Morgan fingerprint density at radius 2 is 1.68 bits per heavy atom. The van der Waals surface area contributed by atoms with Gasteiger partial charge in [-0.15, -0.1) is 0 Å². The first-order valence-corrected chi connectivity index (χ1v) is 11.9. The summed E-state index contributed by atoms with van der Waals surface area (Å²) in [7, 11) is 1.66. The molecule has 5 heteroatoms. The molecule has 4 rings (SSSR count). The maximum absolute atomic E-state index is 12.7. The van der Waals surface area contributed by atoms with E-state index < -0.39 is 0 Å². The van der Waals surface area contributed by atoms with Gasteiger partial charge < -0.3 is 14.8 Å². The molecule has 0 radical (unpaired) electrons. The molecule has 1 aliphatic carbocycles. The highest BCUT2D eigenvalue weighted by atomic mass is 16.5. The van der Waals surface area contributed by atoms with Crippen LogP contribution >= 0.6 is 0 Å². The van der Waals surface area contributed by atoms with Crippen molar-refractivity contribution < 1.29 is 19.1 Å². The molecule has 0 aliphatic heterocycles. The van der Waals surface area contributed by atoms with Gasteiger partial charge in [0.05, 0.1) is 20.1 Å². The second-order valence-corrected chi connectivity index (χ2v) is 8.54. The summed E-state index contributed by atoms with van der Waals surface area (Å²) in [5, 5.41) is 3.06. The van der Waals surface area contributed by atoms with Gasteiger partial charge in [0.25, 0.3) is 0 Å². The van der Waals surface area contributed by atoms with Gasteiger partial charge in [0, 0.05) is 13.0 Å². The van der Waals surface area contributed by atoms with Gasteiger partial charge in [-0.25, -0.2) is 0 Å². The average Bonchev–Trinajstić information content (AvgIpc) is 3.23. The predicted octanol–water partition coefficient (Wildman–Crippen LogP) is 4.66. The highest BCUT2D eigenvalue weighted by Crippen LogP contribution is 2.40. The summed E-state index contributed by atoms with van der Waals surface area (Å²) in [5.74, 6) is 0.624. The van der Waals surface area contributed by atoms with Gasteiger partial charge in [0.2, 0.25) is 5.91 Å². The fraction of sp³-hybridized carbons (Fsp3) is 0.310. The summed E-state index contributed by atoms with van der Waals surface area (Å²) in [6.07, 6.45) is 3.00. The van der Waals surface area contributed by atoms with Crippen LogP contribution in [0.4, 0.5) is 0 Å². The van der Waals surface area contributed by atoms with Crippen LogP contribution in [0, 0.1) is 0 Å². The molecular weight excluding hydrogens is 426 g/mol. The molecule has 0 saturated carbocycles. The van der Waals surface area contributed by atoms with Crippen LogP contribution in [0.3, 0.4) is 0 Å². The van der Waals surface area contributed by atoms with Crippen LogP contribution in [0.1, 0.15) is 41.2 Å². The number of benzene rings is 3. The van der Waals surface area contributed by atoms with E-state index in [4.69, 9.17) is 9.47 Å². The number of rotatable bonds is 10. The first-order chi connectivity index (χ1) is 16.6. The lowest BCUT2D eigenvalue weighted by molar-refractivity contribution is -0.143. The summed E-state index contributed by atoms with van der Waals surface area (Å²) < 4.78 is 10.5. The van der Waals surface area contributed by atoms with Crippen molar-refractivity contribution in [3.05, 3.63) is 88.5 Å². The molecule has 5 nitrogen and oxygen atoms in total. The third kappa shape index (κ3) is 5.66. The van der Waals surface area contributed by atoms with Gasteiger partial charge in [-0.3, -0.25) is 9.59 Å². The number of fused-ring (bicyclic) bond motifs is 3. The number of amides is 1. The molecule has 0 bridgehead atoms. The maximum atomic E-state index is 12.7. The van der Waals surface area contributed by atoms with Crippen molar-refractivity contribution in [2.45, 2.75) is 39.0 Å². The summed E-state index contributed by atoms with van der Waals surface area (Å²) in [6.45, 7) is 2.80. The predicted molar refractivity (Wildman–Crippen MR) is 133 cm³/mol. The van der Waals surface area contributed by atoms with Crippen LogP contribution in [-0.4, -0.2) is 32.1 Å². The molecule has 1 N–H and O–H groups in total. The van der Waals surface area contributed by atoms with Crippen molar-refractivity contribution in [3.63, 3.8) is 0 Å². The zero-order valence-electron chi connectivity index (χ0n) is 19.9. The van der Waals surface area contributed by atoms with E-state index in [2.05, 4.69) is 41.7 Å². The Kier molecular flexibility index (Phi) is 7.63. The number of nitrogens with one attached hydrogen (secondary N) is 1. The molecule has 0 spiro atoms. The lowest BCUT2D eigenvalue weighted by Gasteiger charge is -2.12. The fourth-order valence-electron chi connectivity index (χ4n) is 4.49. The van der Waals surface area contributed by atoms with Crippen LogP contribution in [-0.2, 0) is 40.0 Å². The lowest BCUT2D eigenvalue weighted by atomic mass is 9.98.